The Morgan fingerprint density at radius 1 is 1.30 bits per heavy atom. The molecule has 2 amide bonds. The van der Waals surface area contributed by atoms with Crippen LogP contribution in [0.25, 0.3) is 0 Å². The molecular weight excluding hydrogens is 282 g/mol. The zero-order valence-corrected chi connectivity index (χ0v) is 12.3. The first-order chi connectivity index (χ1) is 9.25. The molecule has 0 aromatic rings. The normalized spacial score (nSPS) is 33.7. The van der Waals surface area contributed by atoms with Crippen molar-refractivity contribution in [3.05, 3.63) is 0 Å². The Labute approximate surface area is 125 Å². The number of piperazine rings is 1. The molecule has 3 atom stereocenters. The smallest absolute Gasteiger partial charge is 0.253 e. The van der Waals surface area contributed by atoms with E-state index in [0.29, 0.717) is 13.2 Å². The minimum absolute atomic E-state index is 0. The molecule has 114 valence electrons. The second-order valence-electron chi connectivity index (χ2n) is 5.56. The molecule has 3 rings (SSSR count). The van der Waals surface area contributed by atoms with Crippen molar-refractivity contribution in [3.8, 4) is 0 Å². The topological polar surface area (TPSA) is 70.7 Å². The first kappa shape index (κ1) is 15.5. The van der Waals surface area contributed by atoms with Crippen LogP contribution in [0.5, 0.6) is 0 Å². The minimum Gasteiger partial charge on any atom is -0.366 e. The Bertz CT molecular complexity index is 374. The number of ether oxygens (including phenoxy) is 1. The van der Waals surface area contributed by atoms with Gasteiger partial charge in [0.25, 0.3) is 5.91 Å². The SMILES string of the molecule is Cl.O=C1CN(C(=O)C2CNCCO2)C2CCCCC2N1. The van der Waals surface area contributed by atoms with Crippen LogP contribution < -0.4 is 10.6 Å². The fourth-order valence-corrected chi connectivity index (χ4v) is 3.33. The largest absolute Gasteiger partial charge is 0.366 e. The van der Waals surface area contributed by atoms with Gasteiger partial charge in [-0.3, -0.25) is 9.59 Å². The van der Waals surface area contributed by atoms with Crippen LogP contribution in [0.4, 0.5) is 0 Å². The summed E-state index contributed by atoms with van der Waals surface area (Å²) in [7, 11) is 0. The molecule has 0 spiro atoms. The number of fused-ring (bicyclic) bond motifs is 1. The van der Waals surface area contributed by atoms with Crippen LogP contribution in [0.1, 0.15) is 25.7 Å². The van der Waals surface area contributed by atoms with Gasteiger partial charge in [0.2, 0.25) is 5.91 Å². The number of rotatable bonds is 1. The Morgan fingerprint density at radius 2 is 2.10 bits per heavy atom. The van der Waals surface area contributed by atoms with E-state index in [0.717, 1.165) is 32.2 Å². The number of amides is 2. The van der Waals surface area contributed by atoms with Crippen LogP contribution >= 0.6 is 12.4 Å². The van der Waals surface area contributed by atoms with Gasteiger partial charge in [-0.1, -0.05) is 12.8 Å². The van der Waals surface area contributed by atoms with Crippen molar-refractivity contribution in [1.82, 2.24) is 15.5 Å². The summed E-state index contributed by atoms with van der Waals surface area (Å²) in [6.07, 6.45) is 3.79. The summed E-state index contributed by atoms with van der Waals surface area (Å²) in [4.78, 5) is 26.0. The number of nitrogens with zero attached hydrogens (tertiary/aromatic N) is 1. The van der Waals surface area contributed by atoms with Gasteiger partial charge in [-0.2, -0.15) is 0 Å². The highest BCUT2D eigenvalue weighted by Gasteiger charge is 2.41. The molecule has 1 aliphatic carbocycles. The average Bonchev–Trinajstić information content (AvgIpc) is 2.46. The van der Waals surface area contributed by atoms with E-state index in [1.807, 2.05) is 0 Å². The summed E-state index contributed by atoms with van der Waals surface area (Å²) in [5.74, 6) is -0.0702. The Kier molecular flexibility index (Phi) is 5.23. The van der Waals surface area contributed by atoms with Crippen molar-refractivity contribution in [2.24, 2.45) is 0 Å². The molecule has 6 nitrogen and oxygen atoms in total. The van der Waals surface area contributed by atoms with Crippen LogP contribution in [-0.4, -0.2) is 61.1 Å². The molecule has 0 bridgehead atoms. The third kappa shape index (κ3) is 3.07. The van der Waals surface area contributed by atoms with Crippen LogP contribution in [-0.2, 0) is 14.3 Å². The summed E-state index contributed by atoms with van der Waals surface area (Å²) in [6, 6.07) is 0.292. The van der Waals surface area contributed by atoms with E-state index in [1.54, 1.807) is 4.90 Å². The molecule has 3 aliphatic rings. The molecular formula is C13H22ClN3O3. The zero-order valence-electron chi connectivity index (χ0n) is 11.5. The first-order valence-corrected chi connectivity index (χ1v) is 7.18. The summed E-state index contributed by atoms with van der Waals surface area (Å²) in [6.45, 7) is 2.08. The lowest BCUT2D eigenvalue weighted by Crippen LogP contribution is -2.65. The lowest BCUT2D eigenvalue weighted by molar-refractivity contribution is -0.155. The Balaban J connectivity index is 0.00000147. The maximum absolute atomic E-state index is 12.5. The summed E-state index contributed by atoms with van der Waals surface area (Å²) >= 11 is 0. The van der Waals surface area contributed by atoms with Gasteiger partial charge in [0.05, 0.1) is 19.2 Å². The summed E-state index contributed by atoms with van der Waals surface area (Å²) in [5.41, 5.74) is 0. The van der Waals surface area contributed by atoms with Crippen LogP contribution in [0.3, 0.4) is 0 Å². The maximum Gasteiger partial charge on any atom is 0.253 e. The molecule has 3 fully saturated rings. The van der Waals surface area contributed by atoms with E-state index in [1.165, 1.54) is 0 Å². The molecule has 2 heterocycles. The molecule has 2 aliphatic heterocycles. The van der Waals surface area contributed by atoms with Crippen molar-refractivity contribution in [1.29, 1.82) is 0 Å². The molecule has 7 heteroatoms. The summed E-state index contributed by atoms with van der Waals surface area (Å²) < 4.78 is 5.52. The number of carbonyl (C=O) groups excluding carboxylic acids is 2. The van der Waals surface area contributed by atoms with E-state index >= 15 is 0 Å². The summed E-state index contributed by atoms with van der Waals surface area (Å²) in [5, 5.41) is 6.18. The fraction of sp³-hybridized carbons (Fsp3) is 0.846. The monoisotopic (exact) mass is 303 g/mol. The van der Waals surface area contributed by atoms with Gasteiger partial charge in [0.15, 0.2) is 0 Å². The van der Waals surface area contributed by atoms with E-state index in [4.69, 9.17) is 4.74 Å². The van der Waals surface area contributed by atoms with E-state index in [9.17, 15) is 9.59 Å². The zero-order chi connectivity index (χ0) is 13.2. The van der Waals surface area contributed by atoms with E-state index in [-0.39, 0.29) is 42.8 Å². The van der Waals surface area contributed by atoms with Gasteiger partial charge < -0.3 is 20.3 Å². The molecule has 2 saturated heterocycles. The molecule has 2 N–H and O–H groups in total. The second kappa shape index (κ2) is 6.74. The van der Waals surface area contributed by atoms with Crippen LogP contribution in [0, 0.1) is 0 Å². The Hall–Kier alpha value is -0.850. The maximum atomic E-state index is 12.5. The lowest BCUT2D eigenvalue weighted by atomic mass is 9.87. The predicted molar refractivity (Wildman–Crippen MR) is 75.8 cm³/mol. The highest BCUT2D eigenvalue weighted by atomic mass is 35.5. The molecule has 0 aromatic carbocycles. The van der Waals surface area contributed by atoms with Gasteiger partial charge in [-0.25, -0.2) is 0 Å². The highest BCUT2D eigenvalue weighted by molar-refractivity contribution is 5.89. The molecule has 0 radical (unpaired) electrons. The standard InChI is InChI=1S/C13H21N3O3.ClH/c17-12-8-16(10-4-2-1-3-9(10)15-12)13(18)11-7-14-5-6-19-11;/h9-11,14H,1-8H2,(H,15,17);1H. The van der Waals surface area contributed by atoms with Crippen molar-refractivity contribution in [3.63, 3.8) is 0 Å². The predicted octanol–water partition coefficient (Wildman–Crippen LogP) is -0.334. The average molecular weight is 304 g/mol. The highest BCUT2D eigenvalue weighted by Crippen LogP contribution is 2.26. The van der Waals surface area contributed by atoms with Gasteiger partial charge in [-0.05, 0) is 12.8 Å². The second-order valence-corrected chi connectivity index (χ2v) is 5.56. The van der Waals surface area contributed by atoms with E-state index < -0.39 is 6.10 Å². The third-order valence-corrected chi connectivity index (χ3v) is 4.28. The molecule has 3 unspecified atom stereocenters. The number of nitrogens with one attached hydrogen (secondary N) is 2. The lowest BCUT2D eigenvalue weighted by Gasteiger charge is -2.45. The number of morpholine rings is 1. The quantitative estimate of drug-likeness (QED) is 0.696. The third-order valence-electron chi connectivity index (χ3n) is 4.28. The minimum atomic E-state index is -0.428. The van der Waals surface area contributed by atoms with Crippen molar-refractivity contribution >= 4 is 24.2 Å². The van der Waals surface area contributed by atoms with Gasteiger partial charge in [-0.15, -0.1) is 12.4 Å². The van der Waals surface area contributed by atoms with Crippen molar-refractivity contribution in [2.45, 2.75) is 43.9 Å². The van der Waals surface area contributed by atoms with Crippen LogP contribution in [0.2, 0.25) is 0 Å². The first-order valence-electron chi connectivity index (χ1n) is 7.18. The number of carbonyl (C=O) groups is 2. The Morgan fingerprint density at radius 3 is 2.85 bits per heavy atom. The number of hydrogen-bond acceptors (Lipinski definition) is 4. The van der Waals surface area contributed by atoms with Crippen LogP contribution in [0.15, 0.2) is 0 Å². The van der Waals surface area contributed by atoms with E-state index in [2.05, 4.69) is 10.6 Å². The fourth-order valence-electron chi connectivity index (χ4n) is 3.33. The van der Waals surface area contributed by atoms with Gasteiger partial charge in [0.1, 0.15) is 6.10 Å². The van der Waals surface area contributed by atoms with Gasteiger partial charge in [0, 0.05) is 19.1 Å². The van der Waals surface area contributed by atoms with Crippen molar-refractivity contribution in [2.75, 3.05) is 26.2 Å². The van der Waals surface area contributed by atoms with Gasteiger partial charge >= 0.3 is 0 Å². The number of halogens is 1. The molecule has 0 aromatic heterocycles. The molecule has 1 saturated carbocycles. The van der Waals surface area contributed by atoms with Crippen molar-refractivity contribution < 1.29 is 14.3 Å². The molecule has 20 heavy (non-hydrogen) atoms. The number of hydrogen-bond donors (Lipinski definition) is 2.